The molecule has 0 saturated carbocycles. The highest BCUT2D eigenvalue weighted by Crippen LogP contribution is 2.55. The molecule has 7 nitrogen and oxygen atoms in total. The second-order valence-electron chi connectivity index (χ2n) is 5.58. The number of unbranched alkanes of at least 4 members (excludes halogenated alkanes) is 2. The molecule has 1 heterocycles. The highest BCUT2D eigenvalue weighted by Gasteiger charge is 2.38. The van der Waals surface area contributed by atoms with Crippen LogP contribution in [0, 0.1) is 0 Å². The summed E-state index contributed by atoms with van der Waals surface area (Å²) in [5.41, 5.74) is 0.940. The predicted molar refractivity (Wildman–Crippen MR) is 94.4 cm³/mol. The molecule has 1 aromatic carbocycles. The third-order valence-corrected chi connectivity index (χ3v) is 5.55. The summed E-state index contributed by atoms with van der Waals surface area (Å²) in [5.74, 6) is -0.743. The zero-order valence-electron chi connectivity index (χ0n) is 14.1. The van der Waals surface area contributed by atoms with Crippen LogP contribution in [0.15, 0.2) is 41.5 Å². The Morgan fingerprint density at radius 3 is 2.52 bits per heavy atom. The maximum absolute atomic E-state index is 11.7. The quantitative estimate of drug-likeness (QED) is 0.512. The van der Waals surface area contributed by atoms with Crippen LogP contribution < -0.4 is 0 Å². The number of nitrogens with zero attached hydrogens (tertiary/aromatic N) is 1. The minimum absolute atomic E-state index is 0.109. The Kier molecular flexibility index (Phi) is 6.86. The molecule has 2 N–H and O–H groups in total. The highest BCUT2D eigenvalue weighted by atomic mass is 32.3. The van der Waals surface area contributed by atoms with Crippen molar-refractivity contribution in [1.29, 1.82) is 0 Å². The molecule has 0 unspecified atom stereocenters. The monoisotopic (exact) mass is 369 g/mol. The molecule has 0 bridgehead atoms. The van der Waals surface area contributed by atoms with E-state index in [0.29, 0.717) is 25.7 Å². The molecule has 0 spiro atoms. The Morgan fingerprint density at radius 2 is 1.88 bits per heavy atom. The number of hydrogen-bond acceptors (Lipinski definition) is 6. The van der Waals surface area contributed by atoms with Gasteiger partial charge in [0.15, 0.2) is 0 Å². The number of carbonyl (C=O) groups is 2. The van der Waals surface area contributed by atoms with Gasteiger partial charge in [-0.25, -0.2) is 4.31 Å². The topological polar surface area (TPSA) is 96.3 Å². The van der Waals surface area contributed by atoms with Gasteiger partial charge in [-0.15, -0.1) is 0 Å². The number of amides is 1. The molecule has 2 rings (SSSR count). The standard InChI is InChI=1S/C17H23NO6S/c1-23-17-12-15(19)18(25(17,21)22)11-7-3-6-10-16(20)24-13-14-8-4-2-5-9-14/h2,4-5,8-9,12,21-22H,3,6-7,10-11,13H2,1H3. The summed E-state index contributed by atoms with van der Waals surface area (Å²) in [7, 11) is -2.05. The summed E-state index contributed by atoms with van der Waals surface area (Å²) in [6.45, 7) is 0.456. The fourth-order valence-corrected chi connectivity index (χ4v) is 3.79. The number of esters is 1. The van der Waals surface area contributed by atoms with Crippen molar-refractivity contribution in [3.63, 3.8) is 0 Å². The summed E-state index contributed by atoms with van der Waals surface area (Å²) in [4.78, 5) is 23.4. The number of ether oxygens (including phenoxy) is 2. The molecule has 8 heteroatoms. The average Bonchev–Trinajstić information content (AvgIpc) is 2.82. The fraction of sp³-hybridized carbons (Fsp3) is 0.412. The Hall–Kier alpha value is -2.03. The van der Waals surface area contributed by atoms with Gasteiger partial charge < -0.3 is 9.47 Å². The van der Waals surface area contributed by atoms with E-state index in [1.807, 2.05) is 30.3 Å². The molecule has 1 aliphatic heterocycles. The van der Waals surface area contributed by atoms with Crippen LogP contribution in [0.1, 0.15) is 31.2 Å². The first-order valence-corrected chi connectivity index (χ1v) is 9.50. The third-order valence-electron chi connectivity index (χ3n) is 3.75. The molecular weight excluding hydrogens is 346 g/mol. The second-order valence-corrected chi connectivity index (χ2v) is 7.46. The molecule has 1 amide bonds. The summed E-state index contributed by atoms with van der Waals surface area (Å²) in [5, 5.41) is -0.109. The number of carbonyl (C=O) groups excluding carboxylic acids is 2. The van der Waals surface area contributed by atoms with Gasteiger partial charge >= 0.3 is 5.97 Å². The van der Waals surface area contributed by atoms with Crippen LogP contribution in [-0.4, -0.2) is 38.9 Å². The van der Waals surface area contributed by atoms with Gasteiger partial charge in [-0.1, -0.05) is 47.5 Å². The Bertz CT molecular complexity index is 631. The molecule has 25 heavy (non-hydrogen) atoms. The van der Waals surface area contributed by atoms with Crippen molar-refractivity contribution in [1.82, 2.24) is 4.31 Å². The lowest BCUT2D eigenvalue weighted by Crippen LogP contribution is -2.29. The summed E-state index contributed by atoms with van der Waals surface area (Å²) < 4.78 is 31.0. The molecule has 0 radical (unpaired) electrons. The van der Waals surface area contributed by atoms with E-state index in [2.05, 4.69) is 0 Å². The van der Waals surface area contributed by atoms with E-state index in [1.165, 1.54) is 7.11 Å². The van der Waals surface area contributed by atoms with Crippen molar-refractivity contribution in [2.24, 2.45) is 0 Å². The van der Waals surface area contributed by atoms with Crippen LogP contribution >= 0.6 is 10.8 Å². The van der Waals surface area contributed by atoms with Crippen LogP contribution in [-0.2, 0) is 25.7 Å². The second kappa shape index (κ2) is 8.89. The lowest BCUT2D eigenvalue weighted by atomic mass is 10.2. The van der Waals surface area contributed by atoms with Crippen molar-refractivity contribution in [3.8, 4) is 0 Å². The zero-order valence-corrected chi connectivity index (χ0v) is 14.9. The van der Waals surface area contributed by atoms with Crippen LogP contribution in [0.2, 0.25) is 0 Å². The first-order valence-electron chi connectivity index (χ1n) is 8.00. The van der Waals surface area contributed by atoms with E-state index in [4.69, 9.17) is 9.47 Å². The van der Waals surface area contributed by atoms with Crippen LogP contribution in [0.4, 0.5) is 0 Å². The smallest absolute Gasteiger partial charge is 0.306 e. The van der Waals surface area contributed by atoms with E-state index in [-0.39, 0.29) is 24.2 Å². The molecule has 1 aliphatic rings. The van der Waals surface area contributed by atoms with E-state index < -0.39 is 16.7 Å². The van der Waals surface area contributed by atoms with E-state index in [1.54, 1.807) is 0 Å². The molecule has 0 saturated heterocycles. The minimum atomic E-state index is -3.34. The van der Waals surface area contributed by atoms with Gasteiger partial charge in [-0.2, -0.15) is 0 Å². The van der Waals surface area contributed by atoms with Crippen molar-refractivity contribution >= 4 is 22.7 Å². The summed E-state index contributed by atoms with van der Waals surface area (Å²) in [6.07, 6.45) is 3.22. The van der Waals surface area contributed by atoms with Gasteiger partial charge in [0.2, 0.25) is 5.09 Å². The van der Waals surface area contributed by atoms with Crippen LogP contribution in [0.3, 0.4) is 0 Å². The first kappa shape index (κ1) is 19.3. The van der Waals surface area contributed by atoms with Gasteiger partial charge in [0.1, 0.15) is 6.61 Å². The lowest BCUT2D eigenvalue weighted by Gasteiger charge is -2.37. The number of methoxy groups -OCH3 is 1. The van der Waals surface area contributed by atoms with E-state index in [0.717, 1.165) is 15.9 Å². The van der Waals surface area contributed by atoms with Gasteiger partial charge in [-0.3, -0.25) is 18.7 Å². The number of hydrogen-bond donors (Lipinski definition) is 2. The Balaban J connectivity index is 1.62. The predicted octanol–water partition coefficient (Wildman–Crippen LogP) is 3.29. The van der Waals surface area contributed by atoms with Crippen LogP contribution in [0.25, 0.3) is 0 Å². The summed E-state index contributed by atoms with van der Waals surface area (Å²) in [6, 6.07) is 9.45. The third kappa shape index (κ3) is 5.22. The fourth-order valence-electron chi connectivity index (χ4n) is 2.41. The van der Waals surface area contributed by atoms with Gasteiger partial charge in [0, 0.05) is 13.0 Å². The maximum Gasteiger partial charge on any atom is 0.306 e. The van der Waals surface area contributed by atoms with Crippen molar-refractivity contribution in [2.45, 2.75) is 32.3 Å². The van der Waals surface area contributed by atoms with Crippen molar-refractivity contribution in [2.75, 3.05) is 13.7 Å². The van der Waals surface area contributed by atoms with Gasteiger partial charge in [0.05, 0.1) is 13.2 Å². The van der Waals surface area contributed by atoms with Crippen molar-refractivity contribution in [3.05, 3.63) is 47.1 Å². The summed E-state index contributed by atoms with van der Waals surface area (Å²) >= 11 is 0. The Labute approximate surface area is 148 Å². The molecule has 0 aliphatic carbocycles. The SMILES string of the molecule is COC1=CC(=O)N(CCCCCC(=O)OCc2ccccc2)S1(O)O. The van der Waals surface area contributed by atoms with Gasteiger partial charge in [0.25, 0.3) is 5.91 Å². The Morgan fingerprint density at radius 1 is 1.16 bits per heavy atom. The molecule has 1 aromatic rings. The number of rotatable bonds is 9. The highest BCUT2D eigenvalue weighted by molar-refractivity contribution is 8.26. The lowest BCUT2D eigenvalue weighted by molar-refractivity contribution is -0.145. The molecular formula is C17H23NO6S. The minimum Gasteiger partial charge on any atom is -0.482 e. The van der Waals surface area contributed by atoms with Crippen molar-refractivity contribution < 1.29 is 28.2 Å². The van der Waals surface area contributed by atoms with E-state index >= 15 is 0 Å². The maximum atomic E-state index is 11.7. The average molecular weight is 369 g/mol. The van der Waals surface area contributed by atoms with Gasteiger partial charge in [-0.05, 0) is 18.4 Å². The normalized spacial score (nSPS) is 17.2. The molecule has 0 fully saturated rings. The number of benzene rings is 1. The van der Waals surface area contributed by atoms with E-state index in [9.17, 15) is 18.7 Å². The first-order chi connectivity index (χ1) is 11.9. The zero-order chi connectivity index (χ0) is 18.3. The molecule has 0 aromatic heterocycles. The molecule has 138 valence electrons. The van der Waals surface area contributed by atoms with Crippen LogP contribution in [0.5, 0.6) is 0 Å². The molecule has 0 atom stereocenters. The largest absolute Gasteiger partial charge is 0.482 e.